The second kappa shape index (κ2) is 32.7. The van der Waals surface area contributed by atoms with Gasteiger partial charge in [-0.2, -0.15) is 8.42 Å². The molecule has 0 aliphatic carbocycles. The number of phenols is 1. The summed E-state index contributed by atoms with van der Waals surface area (Å²) >= 11 is 3.32. The maximum Gasteiger partial charge on any atom is 0.350 e. The fraction of sp³-hybridized carbons (Fsp3) is 0.412. The van der Waals surface area contributed by atoms with E-state index < -0.39 is 16.1 Å². The number of aromatic amines is 1. The van der Waals surface area contributed by atoms with Crippen molar-refractivity contribution >= 4 is 62.0 Å². The molecule has 3 aromatic heterocycles. The molecular formula is C51H65N3O15S4. The van der Waals surface area contributed by atoms with Crippen molar-refractivity contribution in [3.63, 3.8) is 0 Å². The van der Waals surface area contributed by atoms with Gasteiger partial charge in [0.15, 0.2) is 0 Å². The van der Waals surface area contributed by atoms with Crippen LogP contribution in [0.15, 0.2) is 77.6 Å². The summed E-state index contributed by atoms with van der Waals surface area (Å²) in [6.45, 7) is 12.8. The Kier molecular flexibility index (Phi) is 27.3. The van der Waals surface area contributed by atoms with Crippen molar-refractivity contribution in [3.8, 4) is 27.6 Å². The van der Waals surface area contributed by atoms with Crippen LogP contribution in [0.25, 0.3) is 0 Å². The predicted molar refractivity (Wildman–Crippen MR) is 282 cm³/mol. The number of esters is 3. The van der Waals surface area contributed by atoms with Gasteiger partial charge in [-0.05, 0) is 133 Å². The highest BCUT2D eigenvalue weighted by atomic mass is 32.2. The Labute approximate surface area is 438 Å². The number of aromatic hydroxyl groups is 1. The smallest absolute Gasteiger partial charge is 0.350 e. The summed E-state index contributed by atoms with van der Waals surface area (Å²) in [5, 5.41) is 10.4. The van der Waals surface area contributed by atoms with E-state index in [1.165, 1.54) is 28.2 Å². The van der Waals surface area contributed by atoms with Gasteiger partial charge in [-0.25, -0.2) is 24.4 Å². The highest BCUT2D eigenvalue weighted by molar-refractivity contribution is 7.85. The van der Waals surface area contributed by atoms with Crippen LogP contribution in [0.5, 0.6) is 27.6 Å². The summed E-state index contributed by atoms with van der Waals surface area (Å²) in [7, 11) is -0.0383. The van der Waals surface area contributed by atoms with Gasteiger partial charge in [0, 0.05) is 5.69 Å². The Bertz CT molecular complexity index is 2800. The zero-order valence-corrected chi connectivity index (χ0v) is 45.9. The molecule has 2 N–H and O–H groups in total. The van der Waals surface area contributed by atoms with Crippen molar-refractivity contribution in [1.29, 1.82) is 0 Å². The number of carbonyl (C=O) groups excluding carboxylic acids is 3. The molecule has 3 heterocycles. The van der Waals surface area contributed by atoms with E-state index in [4.69, 9.17) is 33.2 Å². The van der Waals surface area contributed by atoms with Crippen LogP contribution in [-0.2, 0) is 47.8 Å². The van der Waals surface area contributed by atoms with Gasteiger partial charge in [-0.3, -0.25) is 8.98 Å². The zero-order valence-electron chi connectivity index (χ0n) is 42.6. The summed E-state index contributed by atoms with van der Waals surface area (Å²) in [5.74, 6) is 0.812. The molecule has 0 aliphatic heterocycles. The Hall–Kier alpha value is -6.33. The molecule has 18 nitrogen and oxygen atoms in total. The quantitative estimate of drug-likeness (QED) is 0.0263. The van der Waals surface area contributed by atoms with Crippen molar-refractivity contribution in [3.05, 3.63) is 131 Å². The number of nitrogens with one attached hydrogen (secondary N) is 1. The van der Waals surface area contributed by atoms with E-state index in [1.807, 2.05) is 54.6 Å². The average molecular weight is 1090 g/mol. The predicted octanol–water partition coefficient (Wildman–Crippen LogP) is 9.52. The monoisotopic (exact) mass is 1090 g/mol. The van der Waals surface area contributed by atoms with Crippen LogP contribution in [0, 0.1) is 20.8 Å². The number of thiazole rings is 3. The Balaban J connectivity index is 0.000000264. The maximum atomic E-state index is 11.7. The summed E-state index contributed by atoms with van der Waals surface area (Å²) in [6.07, 6.45) is 5.86. The van der Waals surface area contributed by atoms with E-state index in [-0.39, 0.29) is 29.2 Å². The second-order valence-corrected chi connectivity index (χ2v) is 19.9. The van der Waals surface area contributed by atoms with Gasteiger partial charge >= 0.3 is 22.8 Å². The number of nitrogens with zero attached hydrogens (tertiary/aromatic N) is 2. The first-order valence-electron chi connectivity index (χ1n) is 23.2. The number of hydrogen-bond donors (Lipinski definition) is 2. The van der Waals surface area contributed by atoms with Crippen LogP contribution in [0.1, 0.15) is 103 Å². The first-order valence-corrected chi connectivity index (χ1v) is 27.5. The van der Waals surface area contributed by atoms with Crippen molar-refractivity contribution in [1.82, 2.24) is 15.0 Å². The van der Waals surface area contributed by atoms with Gasteiger partial charge in [0.1, 0.15) is 31.9 Å². The molecule has 6 aromatic rings. The number of aromatic nitrogens is 3. The Morgan fingerprint density at radius 3 is 1.40 bits per heavy atom. The van der Waals surface area contributed by atoms with Crippen LogP contribution >= 0.6 is 34.0 Å². The van der Waals surface area contributed by atoms with Crippen LogP contribution in [0.2, 0.25) is 0 Å². The topological polar surface area (TPSA) is 238 Å². The van der Waals surface area contributed by atoms with Crippen LogP contribution in [0.3, 0.4) is 0 Å². The molecule has 3 aromatic carbocycles. The standard InChI is InChI=1S/C17H21NO4S.C16H19NO4S.C11H16O4S.C7H9NO3S/c1-4-21-16(19)15-12(2)18-17(23-15)22-10-6-8-13-7-5-9-14(11-13)20-3;1-3-20-15(19)14-11(2)17-16(22-14)21-9-5-7-12-6-4-8-13(18)10-12;1-14-11-7-3-5-10(9-11)6-4-8-15-16(2,12)13;1-3-11-6(9)5-4(2)8-7(10)12-5/h5,7,9,11H,4,6,8,10H2,1-3H3;4,6,8,10,18H,3,5,7,9H2,1-2H3;3,5,7,9H,4,6,8H2,1-2H3;3H2,1-2H3,(H,8,10). The molecule has 0 atom stereocenters. The van der Waals surface area contributed by atoms with E-state index in [0.29, 0.717) is 81.6 Å². The van der Waals surface area contributed by atoms with Gasteiger partial charge in [-0.15, -0.1) is 0 Å². The molecule has 22 heteroatoms. The van der Waals surface area contributed by atoms with Crippen molar-refractivity contribution in [2.75, 3.05) is 60.1 Å². The molecule has 0 fully saturated rings. The van der Waals surface area contributed by atoms with Crippen LogP contribution in [-0.4, -0.2) is 107 Å². The molecule has 0 bridgehead atoms. The van der Waals surface area contributed by atoms with E-state index in [2.05, 4.69) is 25.2 Å². The van der Waals surface area contributed by atoms with Gasteiger partial charge in [0.2, 0.25) is 0 Å². The number of H-pyrrole nitrogens is 1. The molecule has 0 saturated heterocycles. The zero-order chi connectivity index (χ0) is 53.8. The molecule has 398 valence electrons. The van der Waals surface area contributed by atoms with Crippen molar-refractivity contribution in [2.24, 2.45) is 0 Å². The largest absolute Gasteiger partial charge is 0.508 e. The number of carbonyl (C=O) groups is 3. The SMILES string of the molecule is CCOC(=O)c1sc(=O)[nH]c1C.CCOC(=O)c1sc(OCCCc2cccc(O)c2)nc1C.CCOC(=O)c1sc(OCCCc2cccc(OC)c2)nc1C.COc1cccc(CCCOS(C)(=O)=O)c1. The van der Waals surface area contributed by atoms with E-state index in [0.717, 1.165) is 72.3 Å². The van der Waals surface area contributed by atoms with Crippen molar-refractivity contribution < 1.29 is 65.2 Å². The minimum absolute atomic E-state index is 0.218. The summed E-state index contributed by atoms with van der Waals surface area (Å²) in [4.78, 5) is 57.4. The van der Waals surface area contributed by atoms with E-state index in [9.17, 15) is 32.7 Å². The molecular weight excluding hydrogens is 1020 g/mol. The maximum absolute atomic E-state index is 11.7. The summed E-state index contributed by atoms with van der Waals surface area (Å²) in [5.41, 5.74) is 5.23. The lowest BCUT2D eigenvalue weighted by atomic mass is 10.1. The number of methoxy groups -OCH3 is 2. The van der Waals surface area contributed by atoms with Crippen LogP contribution in [0.4, 0.5) is 0 Å². The normalized spacial score (nSPS) is 10.5. The van der Waals surface area contributed by atoms with Gasteiger partial charge < -0.3 is 43.2 Å². The van der Waals surface area contributed by atoms with E-state index in [1.54, 1.807) is 67.9 Å². The van der Waals surface area contributed by atoms with Gasteiger partial charge in [0.05, 0.1) is 71.5 Å². The van der Waals surface area contributed by atoms with Gasteiger partial charge in [-0.1, -0.05) is 70.4 Å². The Morgan fingerprint density at radius 2 is 1.01 bits per heavy atom. The minimum Gasteiger partial charge on any atom is -0.508 e. The first-order chi connectivity index (χ1) is 34.9. The molecule has 0 radical (unpaired) electrons. The van der Waals surface area contributed by atoms with Gasteiger partial charge in [0.25, 0.3) is 20.5 Å². The lowest BCUT2D eigenvalue weighted by Gasteiger charge is -2.05. The number of rotatable bonds is 23. The number of phenolic OH excluding ortho intramolecular Hbond substituents is 1. The third kappa shape index (κ3) is 23.4. The molecule has 73 heavy (non-hydrogen) atoms. The third-order valence-electron chi connectivity index (χ3n) is 9.52. The minimum atomic E-state index is -3.32. The number of ether oxygens (including phenoxy) is 7. The van der Waals surface area contributed by atoms with Crippen molar-refractivity contribution in [2.45, 2.75) is 80.1 Å². The summed E-state index contributed by atoms with van der Waals surface area (Å²) in [6, 6.07) is 22.8. The number of hydrogen-bond acceptors (Lipinski definition) is 20. The highest BCUT2D eigenvalue weighted by Gasteiger charge is 2.18. The molecule has 0 saturated carbocycles. The molecule has 0 spiro atoms. The second-order valence-electron chi connectivity index (χ2n) is 15.3. The molecule has 6 rings (SSSR count). The third-order valence-corrected chi connectivity index (χ3v) is 13.2. The number of benzene rings is 3. The van der Waals surface area contributed by atoms with Crippen LogP contribution < -0.4 is 23.8 Å². The lowest BCUT2D eigenvalue weighted by Crippen LogP contribution is -2.04. The molecule has 0 aliphatic rings. The fourth-order valence-electron chi connectivity index (χ4n) is 6.16. The first kappa shape index (κ1) is 61.0. The van der Waals surface area contributed by atoms with E-state index >= 15 is 0 Å². The number of aryl methyl sites for hydroxylation is 6. The summed E-state index contributed by atoms with van der Waals surface area (Å²) < 4.78 is 62.3. The molecule has 0 unspecified atom stereocenters. The molecule has 0 amide bonds. The fourth-order valence-corrected chi connectivity index (χ4v) is 8.99. The average Bonchev–Trinajstić information content (AvgIpc) is 4.05. The highest BCUT2D eigenvalue weighted by Crippen LogP contribution is 2.27. The Morgan fingerprint density at radius 1 is 0.603 bits per heavy atom. The lowest BCUT2D eigenvalue weighted by molar-refractivity contribution is 0.0521.